The van der Waals surface area contributed by atoms with E-state index in [2.05, 4.69) is 4.98 Å². The molecule has 0 fully saturated rings. The fourth-order valence-corrected chi connectivity index (χ4v) is 1.60. The molecule has 0 aliphatic carbocycles. The molecule has 0 saturated heterocycles. The van der Waals surface area contributed by atoms with Crippen LogP contribution in [-0.2, 0) is 18.3 Å². The number of carboxylic acid groups (broad SMARTS) is 1. The highest BCUT2D eigenvalue weighted by Gasteiger charge is 2.03. The van der Waals surface area contributed by atoms with E-state index in [4.69, 9.17) is 5.11 Å². The fourth-order valence-electron chi connectivity index (χ4n) is 1.60. The molecule has 1 aromatic heterocycles. The Kier molecular flexibility index (Phi) is 2.72. The first-order valence-corrected chi connectivity index (χ1v) is 4.94. The van der Waals surface area contributed by atoms with Gasteiger partial charge in [-0.2, -0.15) is 0 Å². The second-order valence-corrected chi connectivity index (χ2v) is 3.66. The predicted molar refractivity (Wildman–Crippen MR) is 60.0 cm³/mol. The first-order chi connectivity index (χ1) is 7.66. The molecule has 1 heterocycles. The van der Waals surface area contributed by atoms with Crippen LogP contribution in [0.3, 0.4) is 0 Å². The van der Waals surface area contributed by atoms with Gasteiger partial charge in [-0.1, -0.05) is 24.3 Å². The van der Waals surface area contributed by atoms with Crippen LogP contribution in [0.25, 0.3) is 11.3 Å². The summed E-state index contributed by atoms with van der Waals surface area (Å²) < 4.78 is 1.92. The Balaban J connectivity index is 2.26. The molecule has 16 heavy (non-hydrogen) atoms. The molecule has 2 rings (SSSR count). The summed E-state index contributed by atoms with van der Waals surface area (Å²) in [5.41, 5.74) is 2.86. The van der Waals surface area contributed by atoms with Crippen LogP contribution in [0.1, 0.15) is 5.56 Å². The highest BCUT2D eigenvalue weighted by Crippen LogP contribution is 2.18. The van der Waals surface area contributed by atoms with Crippen molar-refractivity contribution in [1.29, 1.82) is 0 Å². The van der Waals surface area contributed by atoms with E-state index < -0.39 is 5.97 Å². The maximum absolute atomic E-state index is 10.5. The molecule has 0 aliphatic heterocycles. The van der Waals surface area contributed by atoms with E-state index in [9.17, 15) is 4.79 Å². The monoisotopic (exact) mass is 216 g/mol. The summed E-state index contributed by atoms with van der Waals surface area (Å²) in [7, 11) is 1.92. The van der Waals surface area contributed by atoms with Crippen LogP contribution in [0.5, 0.6) is 0 Å². The summed E-state index contributed by atoms with van der Waals surface area (Å²) in [5.74, 6) is -0.812. The fraction of sp³-hybridized carbons (Fsp3) is 0.167. The van der Waals surface area contributed by atoms with Gasteiger partial charge < -0.3 is 9.67 Å². The highest BCUT2D eigenvalue weighted by atomic mass is 16.4. The van der Waals surface area contributed by atoms with Crippen LogP contribution in [0.2, 0.25) is 0 Å². The van der Waals surface area contributed by atoms with E-state index in [0.29, 0.717) is 0 Å². The van der Waals surface area contributed by atoms with Crippen molar-refractivity contribution in [2.45, 2.75) is 6.42 Å². The second kappa shape index (κ2) is 4.18. The number of rotatable bonds is 3. The van der Waals surface area contributed by atoms with Gasteiger partial charge in [0, 0.05) is 7.05 Å². The Bertz CT molecular complexity index is 500. The highest BCUT2D eigenvalue weighted by molar-refractivity contribution is 5.70. The van der Waals surface area contributed by atoms with Crippen molar-refractivity contribution in [3.63, 3.8) is 0 Å². The molecule has 4 heteroatoms. The van der Waals surface area contributed by atoms with E-state index in [1.54, 1.807) is 12.5 Å². The minimum absolute atomic E-state index is 0.0612. The molecule has 0 aliphatic rings. The van der Waals surface area contributed by atoms with E-state index in [1.165, 1.54) is 0 Å². The third-order valence-electron chi connectivity index (χ3n) is 2.42. The van der Waals surface area contributed by atoms with E-state index in [-0.39, 0.29) is 6.42 Å². The molecular weight excluding hydrogens is 204 g/mol. The Labute approximate surface area is 93.2 Å². The summed E-state index contributed by atoms with van der Waals surface area (Å²) in [4.78, 5) is 14.6. The lowest BCUT2D eigenvalue weighted by molar-refractivity contribution is -0.136. The van der Waals surface area contributed by atoms with E-state index >= 15 is 0 Å². The Morgan fingerprint density at radius 1 is 1.38 bits per heavy atom. The molecule has 82 valence electrons. The average Bonchev–Trinajstić information content (AvgIpc) is 2.65. The van der Waals surface area contributed by atoms with Crippen LogP contribution in [0.15, 0.2) is 36.8 Å². The Morgan fingerprint density at radius 3 is 2.56 bits per heavy atom. The van der Waals surface area contributed by atoms with Gasteiger partial charge in [-0.15, -0.1) is 0 Å². The zero-order valence-corrected chi connectivity index (χ0v) is 8.92. The van der Waals surface area contributed by atoms with Crippen molar-refractivity contribution >= 4 is 5.97 Å². The van der Waals surface area contributed by atoms with Crippen molar-refractivity contribution in [1.82, 2.24) is 9.55 Å². The molecule has 4 nitrogen and oxygen atoms in total. The molecule has 0 atom stereocenters. The van der Waals surface area contributed by atoms with Gasteiger partial charge in [0.1, 0.15) is 0 Å². The van der Waals surface area contributed by atoms with Crippen LogP contribution in [-0.4, -0.2) is 20.6 Å². The summed E-state index contributed by atoms with van der Waals surface area (Å²) >= 11 is 0. The average molecular weight is 216 g/mol. The number of benzene rings is 1. The summed E-state index contributed by atoms with van der Waals surface area (Å²) in [6.45, 7) is 0. The zero-order chi connectivity index (χ0) is 11.5. The molecule has 0 amide bonds. The summed E-state index contributed by atoms with van der Waals surface area (Å²) in [5, 5.41) is 8.65. The van der Waals surface area contributed by atoms with Crippen LogP contribution < -0.4 is 0 Å². The third kappa shape index (κ3) is 2.11. The SMILES string of the molecule is Cn1cncc1-c1ccc(CC(=O)O)cc1. The predicted octanol–water partition coefficient (Wildman–Crippen LogP) is 1.71. The topological polar surface area (TPSA) is 55.1 Å². The smallest absolute Gasteiger partial charge is 0.307 e. The van der Waals surface area contributed by atoms with Crippen LogP contribution >= 0.6 is 0 Å². The number of nitrogens with zero attached hydrogens (tertiary/aromatic N) is 2. The lowest BCUT2D eigenvalue weighted by atomic mass is 10.1. The van der Waals surface area contributed by atoms with Gasteiger partial charge in [-0.25, -0.2) is 4.98 Å². The van der Waals surface area contributed by atoms with Crippen molar-refractivity contribution in [3.05, 3.63) is 42.4 Å². The number of imidazole rings is 1. The van der Waals surface area contributed by atoms with Crippen LogP contribution in [0, 0.1) is 0 Å². The van der Waals surface area contributed by atoms with Gasteiger partial charge in [0.15, 0.2) is 0 Å². The van der Waals surface area contributed by atoms with Gasteiger partial charge in [0.25, 0.3) is 0 Å². The number of aliphatic carboxylic acids is 1. The zero-order valence-electron chi connectivity index (χ0n) is 8.92. The minimum atomic E-state index is -0.812. The standard InChI is InChI=1S/C12H12N2O2/c1-14-8-13-7-11(14)10-4-2-9(3-5-10)6-12(15)16/h2-5,7-8H,6H2,1H3,(H,15,16). The Morgan fingerprint density at radius 2 is 2.06 bits per heavy atom. The number of hydrogen-bond donors (Lipinski definition) is 1. The molecule has 0 saturated carbocycles. The third-order valence-corrected chi connectivity index (χ3v) is 2.42. The molecule has 2 aromatic rings. The van der Waals surface area contributed by atoms with Crippen molar-refractivity contribution in [3.8, 4) is 11.3 Å². The molecule has 0 radical (unpaired) electrons. The molecular formula is C12H12N2O2. The van der Waals surface area contributed by atoms with Crippen molar-refractivity contribution in [2.24, 2.45) is 7.05 Å². The van der Waals surface area contributed by atoms with E-state index in [1.807, 2.05) is 35.9 Å². The quantitative estimate of drug-likeness (QED) is 0.849. The largest absolute Gasteiger partial charge is 0.481 e. The van der Waals surface area contributed by atoms with Gasteiger partial charge in [-0.05, 0) is 11.1 Å². The number of aromatic nitrogens is 2. The van der Waals surface area contributed by atoms with Gasteiger partial charge in [-0.3, -0.25) is 4.79 Å². The van der Waals surface area contributed by atoms with Gasteiger partial charge >= 0.3 is 5.97 Å². The van der Waals surface area contributed by atoms with Crippen molar-refractivity contribution < 1.29 is 9.90 Å². The normalized spacial score (nSPS) is 10.3. The lowest BCUT2D eigenvalue weighted by Gasteiger charge is -2.03. The van der Waals surface area contributed by atoms with Gasteiger partial charge in [0.05, 0.1) is 24.6 Å². The van der Waals surface area contributed by atoms with Crippen molar-refractivity contribution in [2.75, 3.05) is 0 Å². The first-order valence-electron chi connectivity index (χ1n) is 4.94. The molecule has 0 spiro atoms. The number of aryl methyl sites for hydroxylation is 1. The summed E-state index contributed by atoms with van der Waals surface area (Å²) in [6.07, 6.45) is 3.58. The van der Waals surface area contributed by atoms with Gasteiger partial charge in [0.2, 0.25) is 0 Å². The molecule has 0 unspecified atom stereocenters. The Hall–Kier alpha value is -2.10. The maximum atomic E-state index is 10.5. The summed E-state index contributed by atoms with van der Waals surface area (Å²) in [6, 6.07) is 7.48. The number of hydrogen-bond acceptors (Lipinski definition) is 2. The molecule has 1 aromatic carbocycles. The molecule has 0 bridgehead atoms. The lowest BCUT2D eigenvalue weighted by Crippen LogP contribution is -1.99. The number of carboxylic acids is 1. The minimum Gasteiger partial charge on any atom is -0.481 e. The van der Waals surface area contributed by atoms with E-state index in [0.717, 1.165) is 16.8 Å². The maximum Gasteiger partial charge on any atom is 0.307 e. The second-order valence-electron chi connectivity index (χ2n) is 3.66. The first kappa shape index (κ1) is 10.4. The van der Waals surface area contributed by atoms with Crippen LogP contribution in [0.4, 0.5) is 0 Å². The molecule has 1 N–H and O–H groups in total. The number of carbonyl (C=O) groups is 1.